The highest BCUT2D eigenvalue weighted by atomic mass is 19.3. The largest absolute Gasteiger partial charge is 0.491 e. The van der Waals surface area contributed by atoms with E-state index in [0.717, 1.165) is 5.56 Å². The van der Waals surface area contributed by atoms with Crippen LogP contribution in [-0.4, -0.2) is 33.5 Å². The van der Waals surface area contributed by atoms with E-state index in [0.29, 0.717) is 12.3 Å². The van der Waals surface area contributed by atoms with E-state index in [2.05, 4.69) is 10.3 Å². The highest BCUT2D eigenvalue weighted by Crippen LogP contribution is 2.28. The predicted octanol–water partition coefficient (Wildman–Crippen LogP) is 4.28. The van der Waals surface area contributed by atoms with Crippen molar-refractivity contribution in [3.63, 3.8) is 0 Å². The van der Waals surface area contributed by atoms with E-state index >= 15 is 0 Å². The molecule has 1 heterocycles. The summed E-state index contributed by atoms with van der Waals surface area (Å²) in [5.74, 6) is -0.544. The van der Waals surface area contributed by atoms with Gasteiger partial charge in [-0.1, -0.05) is 47.7 Å². The number of nitrogens with zero attached hydrogens (tertiary/aromatic N) is 3. The predicted molar refractivity (Wildman–Crippen MR) is 102 cm³/mol. The van der Waals surface area contributed by atoms with Crippen LogP contribution in [0.4, 0.5) is 8.78 Å². The fraction of sp³-hybridized carbons (Fsp3) is 0.286. The number of rotatable bonds is 8. The van der Waals surface area contributed by atoms with Crippen LogP contribution >= 0.6 is 0 Å². The van der Waals surface area contributed by atoms with Crippen molar-refractivity contribution in [2.75, 3.05) is 0 Å². The monoisotopic (exact) mass is 401 g/mol. The molecule has 0 bridgehead atoms. The van der Waals surface area contributed by atoms with E-state index in [1.165, 1.54) is 23.0 Å². The molecule has 3 rings (SSSR count). The standard InChI is InChI=1S/C21H21F2N3O3/c1-14(2)28-17-10-6-9-16(11-17)19(20(22)23)29-21(27)18-13-26(25-24-18)12-15-7-4-3-5-8-15/h3-11,13-14,19-20H,12H2,1-2H3. The molecular formula is C21H21F2N3O3. The van der Waals surface area contributed by atoms with Gasteiger partial charge in [-0.15, -0.1) is 5.10 Å². The minimum atomic E-state index is -2.91. The van der Waals surface area contributed by atoms with Crippen molar-refractivity contribution in [3.8, 4) is 5.75 Å². The summed E-state index contributed by atoms with van der Waals surface area (Å²) in [6.45, 7) is 4.06. The Morgan fingerprint density at radius 1 is 1.10 bits per heavy atom. The number of aromatic nitrogens is 3. The molecule has 29 heavy (non-hydrogen) atoms. The summed E-state index contributed by atoms with van der Waals surface area (Å²) in [4.78, 5) is 12.4. The van der Waals surface area contributed by atoms with Crippen molar-refractivity contribution >= 4 is 5.97 Å². The number of halogens is 2. The summed E-state index contributed by atoms with van der Waals surface area (Å²) in [5.41, 5.74) is 0.967. The van der Waals surface area contributed by atoms with Crippen molar-refractivity contribution in [1.29, 1.82) is 0 Å². The first kappa shape index (κ1) is 20.4. The second-order valence-electron chi connectivity index (χ2n) is 6.69. The van der Waals surface area contributed by atoms with Crippen LogP contribution in [-0.2, 0) is 11.3 Å². The first-order valence-electron chi connectivity index (χ1n) is 9.12. The fourth-order valence-corrected chi connectivity index (χ4v) is 2.72. The number of alkyl halides is 2. The first-order chi connectivity index (χ1) is 13.9. The number of ether oxygens (including phenoxy) is 2. The van der Waals surface area contributed by atoms with Gasteiger partial charge in [0.15, 0.2) is 11.8 Å². The summed E-state index contributed by atoms with van der Waals surface area (Å²) in [5, 5.41) is 7.61. The molecule has 1 aromatic heterocycles. The zero-order chi connectivity index (χ0) is 20.8. The summed E-state index contributed by atoms with van der Waals surface area (Å²) in [6, 6.07) is 15.6. The maximum atomic E-state index is 13.6. The Balaban J connectivity index is 1.72. The lowest BCUT2D eigenvalue weighted by Crippen LogP contribution is -2.18. The first-order valence-corrected chi connectivity index (χ1v) is 9.12. The lowest BCUT2D eigenvalue weighted by Gasteiger charge is -2.18. The lowest BCUT2D eigenvalue weighted by atomic mass is 10.1. The molecule has 6 nitrogen and oxygen atoms in total. The Morgan fingerprint density at radius 3 is 2.55 bits per heavy atom. The van der Waals surface area contributed by atoms with Crippen LogP contribution in [0.15, 0.2) is 60.8 Å². The Kier molecular flexibility index (Phi) is 6.54. The molecule has 0 N–H and O–H groups in total. The Labute approximate surface area is 167 Å². The molecule has 1 unspecified atom stereocenters. The lowest BCUT2D eigenvalue weighted by molar-refractivity contribution is -0.0355. The molecule has 0 aliphatic heterocycles. The zero-order valence-electron chi connectivity index (χ0n) is 16.0. The van der Waals surface area contributed by atoms with Gasteiger partial charge in [-0.2, -0.15) is 0 Å². The highest BCUT2D eigenvalue weighted by molar-refractivity contribution is 5.86. The second kappa shape index (κ2) is 9.27. The molecule has 0 aliphatic rings. The molecule has 0 radical (unpaired) electrons. The molecule has 0 fully saturated rings. The molecule has 8 heteroatoms. The van der Waals surface area contributed by atoms with Crippen molar-refractivity contribution in [2.45, 2.75) is 39.0 Å². The molecule has 0 amide bonds. The van der Waals surface area contributed by atoms with E-state index in [1.807, 2.05) is 44.2 Å². The number of hydrogen-bond acceptors (Lipinski definition) is 5. The third-order valence-corrected chi connectivity index (χ3v) is 3.96. The average molecular weight is 401 g/mol. The minimum absolute atomic E-state index is 0.113. The molecule has 1 atom stereocenters. The van der Waals surface area contributed by atoms with Crippen LogP contribution in [0.3, 0.4) is 0 Å². The fourth-order valence-electron chi connectivity index (χ4n) is 2.72. The third-order valence-electron chi connectivity index (χ3n) is 3.96. The van der Waals surface area contributed by atoms with Gasteiger partial charge in [0.1, 0.15) is 5.75 Å². The Bertz CT molecular complexity index is 945. The molecule has 0 aliphatic carbocycles. The Hall–Kier alpha value is -3.29. The molecular weight excluding hydrogens is 380 g/mol. The van der Waals surface area contributed by atoms with Gasteiger partial charge >= 0.3 is 5.97 Å². The van der Waals surface area contributed by atoms with Crippen LogP contribution < -0.4 is 4.74 Å². The number of carbonyl (C=O) groups excluding carboxylic acids is 1. The van der Waals surface area contributed by atoms with Crippen molar-refractivity contribution < 1.29 is 23.0 Å². The smallest absolute Gasteiger partial charge is 0.361 e. The van der Waals surface area contributed by atoms with E-state index in [9.17, 15) is 13.6 Å². The molecule has 152 valence electrons. The molecule has 2 aromatic carbocycles. The molecule has 0 saturated heterocycles. The number of hydrogen-bond donors (Lipinski definition) is 0. The van der Waals surface area contributed by atoms with Gasteiger partial charge < -0.3 is 9.47 Å². The topological polar surface area (TPSA) is 66.2 Å². The third kappa shape index (κ3) is 5.60. The Morgan fingerprint density at radius 2 is 1.86 bits per heavy atom. The zero-order valence-corrected chi connectivity index (χ0v) is 16.0. The van der Waals surface area contributed by atoms with Gasteiger partial charge in [0.25, 0.3) is 6.43 Å². The maximum absolute atomic E-state index is 13.6. The normalized spacial score (nSPS) is 12.2. The quantitative estimate of drug-likeness (QED) is 0.527. The molecule has 0 spiro atoms. The number of carbonyl (C=O) groups is 1. The number of esters is 1. The van der Waals surface area contributed by atoms with Crippen molar-refractivity contribution in [1.82, 2.24) is 15.0 Å². The van der Waals surface area contributed by atoms with Crippen LogP contribution in [0.5, 0.6) is 5.75 Å². The van der Waals surface area contributed by atoms with Gasteiger partial charge in [0.05, 0.1) is 18.8 Å². The minimum Gasteiger partial charge on any atom is -0.491 e. The average Bonchev–Trinajstić information content (AvgIpc) is 3.15. The highest BCUT2D eigenvalue weighted by Gasteiger charge is 2.29. The van der Waals surface area contributed by atoms with Crippen molar-refractivity contribution in [3.05, 3.63) is 77.6 Å². The number of benzene rings is 2. The van der Waals surface area contributed by atoms with E-state index in [4.69, 9.17) is 9.47 Å². The molecule has 3 aromatic rings. The maximum Gasteiger partial charge on any atom is 0.361 e. The van der Waals surface area contributed by atoms with Crippen LogP contribution in [0.25, 0.3) is 0 Å². The van der Waals surface area contributed by atoms with E-state index in [1.54, 1.807) is 12.1 Å². The van der Waals surface area contributed by atoms with E-state index < -0.39 is 18.5 Å². The summed E-state index contributed by atoms with van der Waals surface area (Å²) >= 11 is 0. The SMILES string of the molecule is CC(C)Oc1cccc(C(OC(=O)c2cn(Cc3ccccc3)nn2)C(F)F)c1. The van der Waals surface area contributed by atoms with Crippen molar-refractivity contribution in [2.24, 2.45) is 0 Å². The van der Waals surface area contributed by atoms with Gasteiger partial charge in [0, 0.05) is 5.56 Å². The summed E-state index contributed by atoms with van der Waals surface area (Å²) in [7, 11) is 0. The van der Waals surface area contributed by atoms with Gasteiger partial charge in [-0.3, -0.25) is 0 Å². The van der Waals surface area contributed by atoms with Gasteiger partial charge in [-0.05, 0) is 31.5 Å². The second-order valence-corrected chi connectivity index (χ2v) is 6.69. The van der Waals surface area contributed by atoms with Crippen LogP contribution in [0.1, 0.15) is 41.6 Å². The molecule has 0 saturated carbocycles. The van der Waals surface area contributed by atoms with Gasteiger partial charge in [-0.25, -0.2) is 18.3 Å². The van der Waals surface area contributed by atoms with Gasteiger partial charge in [0.2, 0.25) is 0 Å². The van der Waals surface area contributed by atoms with Crippen LogP contribution in [0.2, 0.25) is 0 Å². The van der Waals surface area contributed by atoms with Crippen LogP contribution in [0, 0.1) is 0 Å². The van der Waals surface area contributed by atoms with E-state index in [-0.39, 0.29) is 17.4 Å². The summed E-state index contributed by atoms with van der Waals surface area (Å²) in [6.07, 6.45) is -3.39. The summed E-state index contributed by atoms with van der Waals surface area (Å²) < 4.78 is 39.2.